The summed E-state index contributed by atoms with van der Waals surface area (Å²) in [6.45, 7) is 8.66. The topological polar surface area (TPSA) is 39.2 Å². The number of aromatic nitrogens is 1. The first kappa shape index (κ1) is 16.7. The zero-order valence-electron chi connectivity index (χ0n) is 14.9. The highest BCUT2D eigenvalue weighted by Gasteiger charge is 2.53. The molecule has 3 rings (SSSR count). The molecule has 24 heavy (non-hydrogen) atoms. The summed E-state index contributed by atoms with van der Waals surface area (Å²) in [5, 5.41) is 0. The Labute approximate surface area is 144 Å². The normalized spacial score (nSPS) is 22.2. The lowest BCUT2D eigenvalue weighted by molar-refractivity contribution is -0.145. The van der Waals surface area contributed by atoms with Crippen molar-refractivity contribution in [2.45, 2.75) is 40.0 Å². The minimum absolute atomic E-state index is 0.00294. The lowest BCUT2D eigenvalue weighted by atomic mass is 9.99. The molecule has 0 bridgehead atoms. The Morgan fingerprint density at radius 1 is 1.25 bits per heavy atom. The summed E-state index contributed by atoms with van der Waals surface area (Å²) in [4.78, 5) is 16.7. The number of carbonyl (C=O) groups is 1. The van der Waals surface area contributed by atoms with Crippen LogP contribution in [-0.2, 0) is 16.0 Å². The number of rotatable bonds is 5. The third kappa shape index (κ3) is 3.08. The van der Waals surface area contributed by atoms with Crippen molar-refractivity contribution < 1.29 is 9.53 Å². The summed E-state index contributed by atoms with van der Waals surface area (Å²) < 4.78 is 5.20. The minimum atomic E-state index is -0.0666. The summed E-state index contributed by atoms with van der Waals surface area (Å²) in [6, 6.07) is 10.7. The van der Waals surface area contributed by atoms with Gasteiger partial charge in [0.15, 0.2) is 0 Å². The number of pyridine rings is 1. The summed E-state index contributed by atoms with van der Waals surface area (Å²) in [6.07, 6.45) is 2.88. The van der Waals surface area contributed by atoms with Crippen LogP contribution < -0.4 is 0 Å². The second-order valence-electron chi connectivity index (χ2n) is 6.66. The van der Waals surface area contributed by atoms with E-state index in [1.165, 1.54) is 16.7 Å². The van der Waals surface area contributed by atoms with Crippen molar-refractivity contribution in [3.05, 3.63) is 53.2 Å². The summed E-state index contributed by atoms with van der Waals surface area (Å²) in [7, 11) is 0. The van der Waals surface area contributed by atoms with Gasteiger partial charge >= 0.3 is 5.97 Å². The highest BCUT2D eigenvalue weighted by Crippen LogP contribution is 2.54. The Balaban J connectivity index is 1.90. The molecule has 1 heterocycles. The predicted octanol–water partition coefficient (Wildman–Crippen LogP) is 4.53. The SMILES string of the molecule is CCOC(=O)C1C(C)C1c1cccc(-c2ncc(C)cc2CC)c1. The number of hydrogen-bond acceptors (Lipinski definition) is 3. The van der Waals surface area contributed by atoms with Crippen molar-refractivity contribution in [1.82, 2.24) is 4.98 Å². The number of nitrogens with zero attached hydrogens (tertiary/aromatic N) is 1. The van der Waals surface area contributed by atoms with Gasteiger partial charge in [-0.2, -0.15) is 0 Å². The Morgan fingerprint density at radius 3 is 2.75 bits per heavy atom. The Kier molecular flexibility index (Phi) is 4.70. The molecule has 1 aromatic carbocycles. The van der Waals surface area contributed by atoms with Gasteiger partial charge in [-0.1, -0.05) is 38.1 Å². The molecule has 1 fully saturated rings. The number of benzene rings is 1. The Hall–Kier alpha value is -2.16. The van der Waals surface area contributed by atoms with Gasteiger partial charge in [0.25, 0.3) is 0 Å². The van der Waals surface area contributed by atoms with Gasteiger partial charge in [0.1, 0.15) is 0 Å². The van der Waals surface area contributed by atoms with Crippen molar-refractivity contribution in [1.29, 1.82) is 0 Å². The van der Waals surface area contributed by atoms with E-state index in [1.807, 2.05) is 13.1 Å². The molecule has 1 aromatic heterocycles. The highest BCUT2D eigenvalue weighted by molar-refractivity contribution is 5.78. The third-order valence-electron chi connectivity index (χ3n) is 4.97. The molecule has 0 radical (unpaired) electrons. The van der Waals surface area contributed by atoms with Crippen LogP contribution in [0.5, 0.6) is 0 Å². The summed E-state index contributed by atoms with van der Waals surface area (Å²) in [5.74, 6) is 0.537. The molecule has 3 atom stereocenters. The van der Waals surface area contributed by atoms with E-state index in [4.69, 9.17) is 4.74 Å². The monoisotopic (exact) mass is 323 g/mol. The number of carbonyl (C=O) groups excluding carboxylic acids is 1. The van der Waals surface area contributed by atoms with Crippen LogP contribution in [0.25, 0.3) is 11.3 Å². The lowest BCUT2D eigenvalue weighted by Crippen LogP contribution is -2.08. The van der Waals surface area contributed by atoms with Crippen molar-refractivity contribution in [2.24, 2.45) is 11.8 Å². The van der Waals surface area contributed by atoms with Crippen LogP contribution in [0.15, 0.2) is 36.5 Å². The number of esters is 1. The van der Waals surface area contributed by atoms with Crippen molar-refractivity contribution in [3.8, 4) is 11.3 Å². The molecule has 2 aromatic rings. The van der Waals surface area contributed by atoms with Gasteiger partial charge in [0.05, 0.1) is 18.2 Å². The van der Waals surface area contributed by atoms with Crippen LogP contribution in [0.4, 0.5) is 0 Å². The maximum atomic E-state index is 12.1. The molecule has 0 saturated heterocycles. The third-order valence-corrected chi connectivity index (χ3v) is 4.97. The second-order valence-corrected chi connectivity index (χ2v) is 6.66. The molecular weight excluding hydrogens is 298 g/mol. The molecule has 1 aliphatic rings. The van der Waals surface area contributed by atoms with Gasteiger partial charge in [0, 0.05) is 17.7 Å². The van der Waals surface area contributed by atoms with Crippen LogP contribution in [0.2, 0.25) is 0 Å². The maximum Gasteiger partial charge on any atom is 0.309 e. The first-order valence-corrected chi connectivity index (χ1v) is 8.79. The largest absolute Gasteiger partial charge is 0.466 e. The van der Waals surface area contributed by atoms with E-state index in [0.29, 0.717) is 12.5 Å². The van der Waals surface area contributed by atoms with E-state index in [2.05, 4.69) is 56.1 Å². The van der Waals surface area contributed by atoms with Gasteiger partial charge in [0.2, 0.25) is 0 Å². The van der Waals surface area contributed by atoms with Crippen LogP contribution in [-0.4, -0.2) is 17.6 Å². The second kappa shape index (κ2) is 6.76. The first-order valence-electron chi connectivity index (χ1n) is 8.79. The summed E-state index contributed by atoms with van der Waals surface area (Å²) >= 11 is 0. The molecule has 0 N–H and O–H groups in total. The van der Waals surface area contributed by atoms with Crippen LogP contribution in [0.3, 0.4) is 0 Å². The Morgan fingerprint density at radius 2 is 2.04 bits per heavy atom. The van der Waals surface area contributed by atoms with Gasteiger partial charge < -0.3 is 4.74 Å². The van der Waals surface area contributed by atoms with Crippen molar-refractivity contribution in [3.63, 3.8) is 0 Å². The molecule has 126 valence electrons. The molecular formula is C21H25NO2. The predicted molar refractivity (Wildman–Crippen MR) is 95.8 cm³/mol. The fourth-order valence-corrected chi connectivity index (χ4v) is 3.63. The zero-order valence-corrected chi connectivity index (χ0v) is 14.9. The molecule has 0 aliphatic heterocycles. The molecule has 0 amide bonds. The number of aryl methyl sites for hydroxylation is 2. The van der Waals surface area contributed by atoms with Crippen molar-refractivity contribution in [2.75, 3.05) is 6.61 Å². The molecule has 0 spiro atoms. The first-order chi connectivity index (χ1) is 11.6. The fourth-order valence-electron chi connectivity index (χ4n) is 3.63. The van der Waals surface area contributed by atoms with Gasteiger partial charge in [-0.25, -0.2) is 0 Å². The number of ether oxygens (including phenoxy) is 1. The van der Waals surface area contributed by atoms with Crippen LogP contribution in [0, 0.1) is 18.8 Å². The van der Waals surface area contributed by atoms with E-state index < -0.39 is 0 Å². The lowest BCUT2D eigenvalue weighted by Gasteiger charge is -2.10. The van der Waals surface area contributed by atoms with E-state index in [-0.39, 0.29) is 17.8 Å². The quantitative estimate of drug-likeness (QED) is 0.759. The van der Waals surface area contributed by atoms with Gasteiger partial charge in [-0.3, -0.25) is 9.78 Å². The molecule has 3 nitrogen and oxygen atoms in total. The minimum Gasteiger partial charge on any atom is -0.466 e. The maximum absolute atomic E-state index is 12.1. The average Bonchev–Trinajstić information content (AvgIpc) is 3.26. The van der Waals surface area contributed by atoms with Gasteiger partial charge in [-0.05, 0) is 48.9 Å². The molecule has 3 unspecified atom stereocenters. The Bertz CT molecular complexity index is 753. The molecule has 1 aliphatic carbocycles. The highest BCUT2D eigenvalue weighted by atomic mass is 16.5. The fraction of sp³-hybridized carbons (Fsp3) is 0.429. The van der Waals surface area contributed by atoms with E-state index in [9.17, 15) is 4.79 Å². The van der Waals surface area contributed by atoms with Gasteiger partial charge in [-0.15, -0.1) is 0 Å². The van der Waals surface area contributed by atoms with Crippen LogP contribution in [0.1, 0.15) is 43.4 Å². The summed E-state index contributed by atoms with van der Waals surface area (Å²) in [5.41, 5.74) is 5.84. The zero-order chi connectivity index (χ0) is 17.3. The van der Waals surface area contributed by atoms with E-state index >= 15 is 0 Å². The molecule has 3 heteroatoms. The smallest absolute Gasteiger partial charge is 0.309 e. The van der Waals surface area contributed by atoms with E-state index in [0.717, 1.165) is 17.7 Å². The number of hydrogen-bond donors (Lipinski definition) is 0. The average molecular weight is 323 g/mol. The van der Waals surface area contributed by atoms with E-state index in [1.54, 1.807) is 0 Å². The van der Waals surface area contributed by atoms with Crippen LogP contribution >= 0.6 is 0 Å². The standard InChI is InChI=1S/C21H25NO2/c1-5-15-10-13(3)12-22-20(15)17-9-7-8-16(11-17)18-14(4)19(18)21(23)24-6-2/h7-12,14,18-19H,5-6H2,1-4H3. The molecule has 1 saturated carbocycles. The van der Waals surface area contributed by atoms with Crippen molar-refractivity contribution >= 4 is 5.97 Å².